The molecular weight excluding hydrogens is 270 g/mol. The molecule has 0 aliphatic heterocycles. The van der Waals surface area contributed by atoms with Crippen LogP contribution in [0, 0.1) is 0 Å². The highest BCUT2D eigenvalue weighted by Gasteiger charge is 2.09. The molecule has 1 aromatic carbocycles. The third kappa shape index (κ3) is 4.19. The Hall–Kier alpha value is -2.08. The second-order valence-electron chi connectivity index (χ2n) is 4.51. The van der Waals surface area contributed by atoms with Gasteiger partial charge >= 0.3 is 0 Å². The van der Waals surface area contributed by atoms with Crippen LogP contribution in [0.4, 0.5) is 0 Å². The summed E-state index contributed by atoms with van der Waals surface area (Å²) in [5.74, 6) is 2.51. The molecule has 0 radical (unpaired) electrons. The van der Waals surface area contributed by atoms with E-state index in [-0.39, 0.29) is 6.61 Å². The van der Waals surface area contributed by atoms with E-state index in [2.05, 4.69) is 22.4 Å². The van der Waals surface area contributed by atoms with Crippen molar-refractivity contribution in [2.75, 3.05) is 13.7 Å². The van der Waals surface area contributed by atoms with Crippen molar-refractivity contribution in [3.8, 4) is 11.5 Å². The van der Waals surface area contributed by atoms with E-state index < -0.39 is 0 Å². The molecule has 0 spiro atoms. The first-order valence-corrected chi connectivity index (χ1v) is 7.08. The van der Waals surface area contributed by atoms with Crippen molar-refractivity contribution < 1.29 is 14.0 Å². The molecule has 1 aromatic heterocycles. The lowest BCUT2D eigenvalue weighted by Crippen LogP contribution is -2.11. The average Bonchev–Trinajstić information content (AvgIpc) is 2.99. The number of aromatic nitrogens is 2. The topological polar surface area (TPSA) is 69.4 Å². The van der Waals surface area contributed by atoms with Gasteiger partial charge in [0.2, 0.25) is 11.7 Å². The van der Waals surface area contributed by atoms with Gasteiger partial charge in [-0.2, -0.15) is 4.98 Å². The fraction of sp³-hybridized carbons (Fsp3) is 0.467. The molecule has 0 bridgehead atoms. The van der Waals surface area contributed by atoms with Crippen molar-refractivity contribution in [1.29, 1.82) is 0 Å². The summed E-state index contributed by atoms with van der Waals surface area (Å²) in [7, 11) is 1.62. The molecule has 2 aromatic rings. The summed E-state index contributed by atoms with van der Waals surface area (Å²) in [6, 6.07) is 5.87. The van der Waals surface area contributed by atoms with Gasteiger partial charge < -0.3 is 19.3 Å². The Morgan fingerprint density at radius 2 is 2.10 bits per heavy atom. The minimum atomic E-state index is 0.254. The molecule has 2 rings (SSSR count). The van der Waals surface area contributed by atoms with Crippen molar-refractivity contribution in [1.82, 2.24) is 15.5 Å². The molecule has 0 saturated heterocycles. The van der Waals surface area contributed by atoms with E-state index in [1.54, 1.807) is 7.11 Å². The van der Waals surface area contributed by atoms with E-state index in [0.29, 0.717) is 29.6 Å². The summed E-state index contributed by atoms with van der Waals surface area (Å²) < 4.78 is 16.1. The van der Waals surface area contributed by atoms with Crippen LogP contribution in [0.25, 0.3) is 0 Å². The molecule has 0 amide bonds. The minimum Gasteiger partial charge on any atom is -0.493 e. The molecule has 0 unspecified atom stereocenters. The summed E-state index contributed by atoms with van der Waals surface area (Å²) in [5.41, 5.74) is 1.13. The van der Waals surface area contributed by atoms with E-state index >= 15 is 0 Å². The summed E-state index contributed by atoms with van der Waals surface area (Å²) >= 11 is 0. The van der Waals surface area contributed by atoms with Gasteiger partial charge in [0.1, 0.15) is 0 Å². The summed E-state index contributed by atoms with van der Waals surface area (Å²) in [6.07, 6.45) is 0.717. The maximum Gasteiger partial charge on any atom is 0.226 e. The number of ether oxygens (including phenoxy) is 2. The first-order chi connectivity index (χ1) is 10.3. The van der Waals surface area contributed by atoms with E-state index in [1.807, 2.05) is 25.1 Å². The summed E-state index contributed by atoms with van der Waals surface area (Å²) in [6.45, 7) is 6.00. The predicted molar refractivity (Wildman–Crippen MR) is 78.4 cm³/mol. The predicted octanol–water partition coefficient (Wildman–Crippen LogP) is 2.33. The fourth-order valence-electron chi connectivity index (χ4n) is 1.85. The highest BCUT2D eigenvalue weighted by atomic mass is 16.5. The maximum absolute atomic E-state index is 5.75. The summed E-state index contributed by atoms with van der Waals surface area (Å²) in [4.78, 5) is 4.22. The first-order valence-electron chi connectivity index (χ1n) is 7.08. The monoisotopic (exact) mass is 291 g/mol. The van der Waals surface area contributed by atoms with Crippen LogP contribution in [0.5, 0.6) is 11.5 Å². The number of aryl methyl sites for hydroxylation is 1. The Balaban J connectivity index is 2.05. The van der Waals surface area contributed by atoms with Crippen molar-refractivity contribution in [2.24, 2.45) is 0 Å². The van der Waals surface area contributed by atoms with Gasteiger partial charge in [-0.3, -0.25) is 0 Å². The zero-order valence-corrected chi connectivity index (χ0v) is 12.7. The third-order valence-corrected chi connectivity index (χ3v) is 2.98. The Bertz CT molecular complexity index is 569. The molecule has 6 heteroatoms. The number of methoxy groups -OCH3 is 1. The third-order valence-electron chi connectivity index (χ3n) is 2.98. The Kier molecular flexibility index (Phi) is 5.57. The van der Waals surface area contributed by atoms with Crippen LogP contribution in [-0.4, -0.2) is 23.8 Å². The van der Waals surface area contributed by atoms with Crippen molar-refractivity contribution in [3.05, 3.63) is 35.5 Å². The molecule has 0 fully saturated rings. The van der Waals surface area contributed by atoms with Crippen LogP contribution < -0.4 is 14.8 Å². The average molecular weight is 291 g/mol. The SMILES string of the molecule is CCNCc1ccc(OC)c(OCc2noc(CC)n2)c1. The molecule has 1 N–H and O–H groups in total. The van der Waals surface area contributed by atoms with Gasteiger partial charge in [-0.05, 0) is 24.2 Å². The number of rotatable bonds is 8. The minimum absolute atomic E-state index is 0.254. The Morgan fingerprint density at radius 3 is 2.76 bits per heavy atom. The number of hydrogen-bond acceptors (Lipinski definition) is 6. The molecule has 114 valence electrons. The zero-order valence-electron chi connectivity index (χ0n) is 12.7. The van der Waals surface area contributed by atoms with E-state index in [9.17, 15) is 0 Å². The lowest BCUT2D eigenvalue weighted by atomic mass is 10.2. The van der Waals surface area contributed by atoms with Gasteiger partial charge in [-0.1, -0.05) is 25.1 Å². The van der Waals surface area contributed by atoms with Crippen LogP contribution in [0.15, 0.2) is 22.7 Å². The zero-order chi connectivity index (χ0) is 15.1. The van der Waals surface area contributed by atoms with Gasteiger partial charge in [0.15, 0.2) is 18.1 Å². The van der Waals surface area contributed by atoms with Crippen molar-refractivity contribution in [3.63, 3.8) is 0 Å². The van der Waals surface area contributed by atoms with E-state index in [4.69, 9.17) is 14.0 Å². The largest absolute Gasteiger partial charge is 0.493 e. The second kappa shape index (κ2) is 7.64. The maximum atomic E-state index is 5.75. The van der Waals surface area contributed by atoms with Gasteiger partial charge in [0.25, 0.3) is 0 Å². The van der Waals surface area contributed by atoms with Crippen molar-refractivity contribution >= 4 is 0 Å². The van der Waals surface area contributed by atoms with Crippen LogP contribution in [-0.2, 0) is 19.6 Å². The second-order valence-corrected chi connectivity index (χ2v) is 4.51. The number of benzene rings is 1. The normalized spacial score (nSPS) is 10.6. The Labute approximate surface area is 124 Å². The van der Waals surface area contributed by atoms with E-state index in [0.717, 1.165) is 18.7 Å². The van der Waals surface area contributed by atoms with Gasteiger partial charge in [0.05, 0.1) is 7.11 Å². The van der Waals surface area contributed by atoms with Crippen molar-refractivity contribution in [2.45, 2.75) is 33.4 Å². The highest BCUT2D eigenvalue weighted by molar-refractivity contribution is 5.43. The molecule has 6 nitrogen and oxygen atoms in total. The van der Waals surface area contributed by atoms with E-state index in [1.165, 1.54) is 0 Å². The van der Waals surface area contributed by atoms with Crippen LogP contribution in [0.1, 0.15) is 31.1 Å². The number of hydrogen-bond donors (Lipinski definition) is 1. The molecule has 21 heavy (non-hydrogen) atoms. The fourth-order valence-corrected chi connectivity index (χ4v) is 1.85. The molecular formula is C15H21N3O3. The van der Waals surface area contributed by atoms with Gasteiger partial charge in [0, 0.05) is 13.0 Å². The van der Waals surface area contributed by atoms with Crippen LogP contribution in [0.2, 0.25) is 0 Å². The quantitative estimate of drug-likeness (QED) is 0.805. The lowest BCUT2D eigenvalue weighted by Gasteiger charge is -2.11. The van der Waals surface area contributed by atoms with Crippen LogP contribution >= 0.6 is 0 Å². The van der Waals surface area contributed by atoms with Gasteiger partial charge in [-0.25, -0.2) is 0 Å². The number of nitrogens with one attached hydrogen (secondary N) is 1. The summed E-state index contributed by atoms with van der Waals surface area (Å²) in [5, 5.41) is 7.14. The molecule has 0 aliphatic carbocycles. The molecule has 0 atom stereocenters. The van der Waals surface area contributed by atoms with Crippen LogP contribution in [0.3, 0.4) is 0 Å². The number of nitrogens with zero attached hydrogens (tertiary/aromatic N) is 2. The highest BCUT2D eigenvalue weighted by Crippen LogP contribution is 2.28. The van der Waals surface area contributed by atoms with Gasteiger partial charge in [-0.15, -0.1) is 0 Å². The molecule has 1 heterocycles. The standard InChI is InChI=1S/C15H21N3O3/c1-4-15-17-14(18-21-15)10-20-13-8-11(9-16-5-2)6-7-12(13)19-3/h6-8,16H,4-5,9-10H2,1-3H3. The molecule has 0 aliphatic rings. The smallest absolute Gasteiger partial charge is 0.226 e. The lowest BCUT2D eigenvalue weighted by molar-refractivity contribution is 0.268. The Morgan fingerprint density at radius 1 is 1.24 bits per heavy atom. The first kappa shape index (κ1) is 15.3. The molecule has 0 saturated carbocycles.